The molecule has 0 unspecified atom stereocenters. The molecule has 0 spiro atoms. The van der Waals surface area contributed by atoms with Crippen molar-refractivity contribution in [3.63, 3.8) is 0 Å². The van der Waals surface area contributed by atoms with Crippen molar-refractivity contribution in [1.29, 1.82) is 0 Å². The number of fused-ring (bicyclic) bond motifs is 1. The first-order valence-corrected chi connectivity index (χ1v) is 8.69. The van der Waals surface area contributed by atoms with Gasteiger partial charge in [0.2, 0.25) is 18.6 Å². The standard InChI is InChI=1S/C20H23N3O4/c1-13-4-6-15(7-5-13)21-19(24)11-23(3)14(2)20(25)22-16-8-9-17-18(10-16)27-12-26-17/h4-10,14H,11-12H2,1-3H3,(H,21,24)(H,22,25)/t14-/m1/s1. The van der Waals surface area contributed by atoms with Crippen molar-refractivity contribution in [3.8, 4) is 11.5 Å². The van der Waals surface area contributed by atoms with Crippen LogP contribution in [0.2, 0.25) is 0 Å². The summed E-state index contributed by atoms with van der Waals surface area (Å²) in [6.45, 7) is 4.02. The van der Waals surface area contributed by atoms with Crippen LogP contribution in [-0.2, 0) is 9.59 Å². The number of nitrogens with one attached hydrogen (secondary N) is 2. The number of hydrogen-bond acceptors (Lipinski definition) is 5. The molecule has 1 atom stereocenters. The van der Waals surface area contributed by atoms with Crippen molar-refractivity contribution >= 4 is 23.2 Å². The van der Waals surface area contributed by atoms with Gasteiger partial charge in [-0.15, -0.1) is 0 Å². The van der Waals surface area contributed by atoms with Crippen molar-refractivity contribution in [2.75, 3.05) is 31.0 Å². The molecule has 0 saturated carbocycles. The van der Waals surface area contributed by atoms with Crippen LogP contribution in [0.25, 0.3) is 0 Å². The quantitative estimate of drug-likeness (QED) is 0.818. The second-order valence-corrected chi connectivity index (χ2v) is 6.56. The number of carbonyl (C=O) groups excluding carboxylic acids is 2. The van der Waals surface area contributed by atoms with E-state index in [1.165, 1.54) is 0 Å². The monoisotopic (exact) mass is 369 g/mol. The first-order chi connectivity index (χ1) is 12.9. The Morgan fingerprint density at radius 1 is 1.04 bits per heavy atom. The predicted molar refractivity (Wildman–Crippen MR) is 103 cm³/mol. The zero-order valence-corrected chi connectivity index (χ0v) is 15.6. The van der Waals surface area contributed by atoms with Gasteiger partial charge in [0.05, 0.1) is 12.6 Å². The summed E-state index contributed by atoms with van der Waals surface area (Å²) in [7, 11) is 1.73. The minimum Gasteiger partial charge on any atom is -0.454 e. The molecule has 0 aromatic heterocycles. The Morgan fingerprint density at radius 2 is 1.70 bits per heavy atom. The van der Waals surface area contributed by atoms with E-state index in [-0.39, 0.29) is 25.2 Å². The molecule has 2 amide bonds. The fourth-order valence-electron chi connectivity index (χ4n) is 2.62. The predicted octanol–water partition coefficient (Wildman–Crippen LogP) is 2.62. The Bertz CT molecular complexity index is 836. The van der Waals surface area contributed by atoms with Crippen LogP contribution in [0.15, 0.2) is 42.5 Å². The molecule has 142 valence electrons. The number of amides is 2. The molecule has 0 radical (unpaired) electrons. The maximum atomic E-state index is 12.5. The van der Waals surface area contributed by atoms with E-state index in [0.717, 1.165) is 11.3 Å². The molecule has 2 N–H and O–H groups in total. The summed E-state index contributed by atoms with van der Waals surface area (Å²) in [5.74, 6) is 0.876. The van der Waals surface area contributed by atoms with Crippen molar-refractivity contribution in [2.45, 2.75) is 19.9 Å². The van der Waals surface area contributed by atoms with Crippen LogP contribution < -0.4 is 20.1 Å². The molecule has 7 nitrogen and oxygen atoms in total. The highest BCUT2D eigenvalue weighted by Crippen LogP contribution is 2.34. The summed E-state index contributed by atoms with van der Waals surface area (Å²) < 4.78 is 10.6. The topological polar surface area (TPSA) is 79.9 Å². The number of hydrogen-bond donors (Lipinski definition) is 2. The minimum absolute atomic E-state index is 0.101. The molecule has 1 aliphatic rings. The first-order valence-electron chi connectivity index (χ1n) is 8.69. The molecule has 2 aromatic rings. The van der Waals surface area contributed by atoms with Gasteiger partial charge in [-0.3, -0.25) is 14.5 Å². The van der Waals surface area contributed by atoms with Crippen LogP contribution >= 0.6 is 0 Å². The number of ether oxygens (including phenoxy) is 2. The van der Waals surface area contributed by atoms with Crippen LogP contribution in [0.4, 0.5) is 11.4 Å². The van der Waals surface area contributed by atoms with Gasteiger partial charge < -0.3 is 20.1 Å². The highest BCUT2D eigenvalue weighted by molar-refractivity contribution is 5.96. The summed E-state index contributed by atoms with van der Waals surface area (Å²) in [6.07, 6.45) is 0. The average molecular weight is 369 g/mol. The van der Waals surface area contributed by atoms with Crippen molar-refractivity contribution < 1.29 is 19.1 Å². The van der Waals surface area contributed by atoms with E-state index in [1.54, 1.807) is 37.1 Å². The zero-order valence-electron chi connectivity index (χ0n) is 15.6. The lowest BCUT2D eigenvalue weighted by Gasteiger charge is -2.23. The number of nitrogens with zero attached hydrogens (tertiary/aromatic N) is 1. The second-order valence-electron chi connectivity index (χ2n) is 6.56. The van der Waals surface area contributed by atoms with Gasteiger partial charge in [0.1, 0.15) is 0 Å². The van der Waals surface area contributed by atoms with E-state index in [0.29, 0.717) is 17.2 Å². The third-order valence-electron chi connectivity index (χ3n) is 4.41. The maximum Gasteiger partial charge on any atom is 0.241 e. The molecule has 27 heavy (non-hydrogen) atoms. The van der Waals surface area contributed by atoms with Gasteiger partial charge in [-0.05, 0) is 45.2 Å². The number of carbonyl (C=O) groups is 2. The van der Waals surface area contributed by atoms with Gasteiger partial charge in [0.15, 0.2) is 11.5 Å². The zero-order chi connectivity index (χ0) is 19.4. The molecule has 1 aliphatic heterocycles. The Labute approximate surface area is 158 Å². The first kappa shape index (κ1) is 18.7. The highest BCUT2D eigenvalue weighted by atomic mass is 16.7. The van der Waals surface area contributed by atoms with Crippen molar-refractivity contribution in [1.82, 2.24) is 4.90 Å². The van der Waals surface area contributed by atoms with Crippen LogP contribution in [0.1, 0.15) is 12.5 Å². The Hall–Kier alpha value is -3.06. The van der Waals surface area contributed by atoms with Crippen LogP contribution in [0.3, 0.4) is 0 Å². The van der Waals surface area contributed by atoms with Crippen LogP contribution in [0, 0.1) is 6.92 Å². The SMILES string of the molecule is Cc1ccc(NC(=O)CN(C)[C@H](C)C(=O)Nc2ccc3c(c2)OCO3)cc1. The van der Waals surface area contributed by atoms with Gasteiger partial charge in [0, 0.05) is 17.4 Å². The molecule has 2 aromatic carbocycles. The fourth-order valence-corrected chi connectivity index (χ4v) is 2.62. The number of likely N-dealkylation sites (N-methyl/N-ethyl adjacent to an activating group) is 1. The average Bonchev–Trinajstić information content (AvgIpc) is 3.10. The lowest BCUT2D eigenvalue weighted by molar-refractivity contribution is -0.122. The summed E-state index contributed by atoms with van der Waals surface area (Å²) in [5, 5.41) is 5.66. The summed E-state index contributed by atoms with van der Waals surface area (Å²) in [4.78, 5) is 26.4. The molecule has 0 aliphatic carbocycles. The Balaban J connectivity index is 1.52. The van der Waals surface area contributed by atoms with E-state index < -0.39 is 6.04 Å². The lowest BCUT2D eigenvalue weighted by atomic mass is 10.2. The molecule has 0 saturated heterocycles. The number of rotatable bonds is 6. The van der Waals surface area contributed by atoms with Gasteiger partial charge >= 0.3 is 0 Å². The third-order valence-corrected chi connectivity index (χ3v) is 4.41. The number of aryl methyl sites for hydroxylation is 1. The molecule has 7 heteroatoms. The highest BCUT2D eigenvalue weighted by Gasteiger charge is 2.21. The number of benzene rings is 2. The Morgan fingerprint density at radius 3 is 2.44 bits per heavy atom. The lowest BCUT2D eigenvalue weighted by Crippen LogP contribution is -2.43. The van der Waals surface area contributed by atoms with Gasteiger partial charge in [0.25, 0.3) is 0 Å². The molecule has 0 bridgehead atoms. The molecule has 3 rings (SSSR count). The smallest absolute Gasteiger partial charge is 0.241 e. The molecular formula is C20H23N3O4. The molecule has 0 fully saturated rings. The summed E-state index contributed by atoms with van der Waals surface area (Å²) in [5.41, 5.74) is 2.48. The Kier molecular flexibility index (Phi) is 5.61. The van der Waals surface area contributed by atoms with E-state index in [1.807, 2.05) is 31.2 Å². The van der Waals surface area contributed by atoms with Gasteiger partial charge in [-0.2, -0.15) is 0 Å². The van der Waals surface area contributed by atoms with Crippen LogP contribution in [-0.4, -0.2) is 43.1 Å². The normalized spacial score (nSPS) is 13.3. The van der Waals surface area contributed by atoms with Gasteiger partial charge in [-0.25, -0.2) is 0 Å². The summed E-state index contributed by atoms with van der Waals surface area (Å²) >= 11 is 0. The fraction of sp³-hybridized carbons (Fsp3) is 0.300. The minimum atomic E-state index is -0.487. The molecular weight excluding hydrogens is 346 g/mol. The maximum absolute atomic E-state index is 12.5. The van der Waals surface area contributed by atoms with E-state index in [2.05, 4.69) is 10.6 Å². The van der Waals surface area contributed by atoms with Crippen molar-refractivity contribution in [3.05, 3.63) is 48.0 Å². The van der Waals surface area contributed by atoms with E-state index in [9.17, 15) is 9.59 Å². The number of anilines is 2. The second kappa shape index (κ2) is 8.09. The van der Waals surface area contributed by atoms with Crippen LogP contribution in [0.5, 0.6) is 11.5 Å². The third kappa shape index (κ3) is 4.77. The largest absolute Gasteiger partial charge is 0.454 e. The van der Waals surface area contributed by atoms with Gasteiger partial charge in [-0.1, -0.05) is 17.7 Å². The molecule has 1 heterocycles. The van der Waals surface area contributed by atoms with Crippen molar-refractivity contribution in [2.24, 2.45) is 0 Å². The van der Waals surface area contributed by atoms with E-state index in [4.69, 9.17) is 9.47 Å². The summed E-state index contributed by atoms with van der Waals surface area (Å²) in [6, 6.07) is 12.3. The van der Waals surface area contributed by atoms with E-state index >= 15 is 0 Å².